The summed E-state index contributed by atoms with van der Waals surface area (Å²) in [6.07, 6.45) is -7.23. The molecule has 1 aliphatic heterocycles. The summed E-state index contributed by atoms with van der Waals surface area (Å²) in [5.41, 5.74) is -0.980. The first-order valence-corrected chi connectivity index (χ1v) is 13.9. The lowest BCUT2D eigenvalue weighted by molar-refractivity contribution is -0.143. The van der Waals surface area contributed by atoms with Crippen LogP contribution in [0.3, 0.4) is 0 Å². The van der Waals surface area contributed by atoms with Crippen molar-refractivity contribution in [1.29, 1.82) is 0 Å². The summed E-state index contributed by atoms with van der Waals surface area (Å²) < 4.78 is 87.8. The molecule has 3 aromatic carbocycles. The predicted molar refractivity (Wildman–Crippen MR) is 153 cm³/mol. The van der Waals surface area contributed by atoms with E-state index in [1.807, 2.05) is 47.2 Å². The molecule has 2 aliphatic rings. The van der Waals surface area contributed by atoms with E-state index in [1.165, 1.54) is 7.11 Å². The van der Waals surface area contributed by atoms with Crippen molar-refractivity contribution < 1.29 is 40.7 Å². The van der Waals surface area contributed by atoms with Gasteiger partial charge in [-0.15, -0.1) is 0 Å². The molecule has 1 N–H and O–H groups in total. The minimum absolute atomic E-state index is 0.0131. The number of hydrogen-bond donors (Lipinski definition) is 1. The first kappa shape index (κ1) is 30.1. The lowest BCUT2D eigenvalue weighted by atomic mass is 9.97. The first-order valence-electron chi connectivity index (χ1n) is 13.9. The number of fused-ring (bicyclic) bond motifs is 3. The van der Waals surface area contributed by atoms with E-state index in [9.17, 15) is 35.9 Å². The molecule has 0 bridgehead atoms. The number of carbonyl (C=O) groups excluding carboxylic acids is 2. The van der Waals surface area contributed by atoms with Crippen LogP contribution in [0, 0.1) is 0 Å². The third-order valence-electron chi connectivity index (χ3n) is 7.81. The first-order chi connectivity index (χ1) is 21.3. The van der Waals surface area contributed by atoms with E-state index < -0.39 is 59.7 Å². The average Bonchev–Trinajstić information content (AvgIpc) is 3.72. The van der Waals surface area contributed by atoms with E-state index >= 15 is 0 Å². The number of rotatable bonds is 6. The van der Waals surface area contributed by atoms with Gasteiger partial charge in [0, 0.05) is 17.9 Å². The predicted octanol–water partition coefficient (Wildman–Crippen LogP) is 7.66. The summed E-state index contributed by atoms with van der Waals surface area (Å²) in [7, 11) is 1.54. The largest absolute Gasteiger partial charge is 0.497 e. The van der Waals surface area contributed by atoms with Crippen molar-refractivity contribution >= 4 is 23.3 Å². The Labute approximate surface area is 253 Å². The number of urea groups is 1. The maximum Gasteiger partial charge on any atom is 0.416 e. The number of methoxy groups -OCH3 is 1. The van der Waals surface area contributed by atoms with Crippen molar-refractivity contribution in [3.63, 3.8) is 0 Å². The summed E-state index contributed by atoms with van der Waals surface area (Å²) in [4.78, 5) is 30.4. The molecular formula is C32H26F6N4O3. The van der Waals surface area contributed by atoms with E-state index in [2.05, 4.69) is 5.32 Å². The van der Waals surface area contributed by atoms with Crippen LogP contribution in [0.4, 0.5) is 42.5 Å². The second-order valence-electron chi connectivity index (χ2n) is 10.8. The number of halogens is 6. The van der Waals surface area contributed by atoms with Crippen molar-refractivity contribution in [2.75, 3.05) is 23.9 Å². The number of nitrogens with one attached hydrogen (secondary N) is 1. The number of aromatic nitrogens is 1. The van der Waals surface area contributed by atoms with Gasteiger partial charge >= 0.3 is 18.4 Å². The Bertz CT molecular complexity index is 1710. The minimum atomic E-state index is -5.08. The zero-order valence-electron chi connectivity index (χ0n) is 23.7. The standard InChI is InChI=1S/C32H26F6N4O3/c1-45-24-12-8-19(9-13-24)29-27-7-4-14-40(27)25-5-2-3-6-26(25)42(29)28(43)18-41(23-10-11-23)30(44)39-22-16-20(31(33,34)35)15-21(17-22)32(36,37)38/h2-9,12-17,23,29H,10-11,18H2,1H3,(H,39,44). The summed E-state index contributed by atoms with van der Waals surface area (Å²) >= 11 is 0. The van der Waals surface area contributed by atoms with Crippen molar-refractivity contribution in [2.45, 2.75) is 37.3 Å². The van der Waals surface area contributed by atoms with Gasteiger partial charge in [0.1, 0.15) is 18.3 Å². The van der Waals surface area contributed by atoms with Gasteiger partial charge in [0.15, 0.2) is 0 Å². The van der Waals surface area contributed by atoms with Gasteiger partial charge in [0.25, 0.3) is 0 Å². The highest BCUT2D eigenvalue weighted by Gasteiger charge is 2.41. The second kappa shape index (κ2) is 11.2. The highest BCUT2D eigenvalue weighted by molar-refractivity contribution is 6.01. The number of benzene rings is 3. The van der Waals surface area contributed by atoms with Crippen LogP contribution in [0.5, 0.6) is 5.75 Å². The molecule has 0 saturated heterocycles. The van der Waals surface area contributed by atoms with Crippen LogP contribution in [0.1, 0.15) is 41.3 Å². The second-order valence-corrected chi connectivity index (χ2v) is 10.8. The Morgan fingerprint density at radius 3 is 2.07 bits per heavy atom. The quantitative estimate of drug-likeness (QED) is 0.223. The molecule has 1 unspecified atom stereocenters. The van der Waals surface area contributed by atoms with Gasteiger partial charge in [-0.05, 0) is 73.0 Å². The third kappa shape index (κ3) is 5.94. The Hall–Kier alpha value is -4.94. The number of carbonyl (C=O) groups is 2. The van der Waals surface area contributed by atoms with Crippen LogP contribution < -0.4 is 15.0 Å². The summed E-state index contributed by atoms with van der Waals surface area (Å²) in [5.74, 6) is 0.126. The molecule has 2 heterocycles. The third-order valence-corrected chi connectivity index (χ3v) is 7.81. The molecule has 3 amide bonds. The van der Waals surface area contributed by atoms with Gasteiger partial charge in [0.05, 0.1) is 35.3 Å². The molecule has 1 atom stereocenters. The molecule has 0 radical (unpaired) electrons. The molecule has 6 rings (SSSR count). The smallest absolute Gasteiger partial charge is 0.416 e. The van der Waals surface area contributed by atoms with Gasteiger partial charge in [-0.25, -0.2) is 4.79 Å². The van der Waals surface area contributed by atoms with Crippen LogP contribution in [0.2, 0.25) is 0 Å². The van der Waals surface area contributed by atoms with Crippen molar-refractivity contribution in [3.8, 4) is 11.4 Å². The van der Waals surface area contributed by atoms with Gasteiger partial charge in [-0.2, -0.15) is 26.3 Å². The van der Waals surface area contributed by atoms with Gasteiger partial charge in [0.2, 0.25) is 5.91 Å². The Morgan fingerprint density at radius 2 is 1.49 bits per heavy atom. The molecule has 1 fully saturated rings. The normalized spacial score (nSPS) is 16.1. The molecule has 234 valence electrons. The van der Waals surface area contributed by atoms with Crippen LogP contribution >= 0.6 is 0 Å². The maximum atomic E-state index is 14.2. The molecule has 7 nitrogen and oxygen atoms in total. The van der Waals surface area contributed by atoms with Gasteiger partial charge in [-0.3, -0.25) is 9.69 Å². The lowest BCUT2D eigenvalue weighted by Gasteiger charge is -2.39. The van der Waals surface area contributed by atoms with E-state index in [0.717, 1.165) is 21.8 Å². The molecule has 45 heavy (non-hydrogen) atoms. The summed E-state index contributed by atoms with van der Waals surface area (Å²) in [5, 5.41) is 2.18. The number of para-hydroxylation sites is 2. The van der Waals surface area contributed by atoms with E-state index in [0.29, 0.717) is 36.4 Å². The van der Waals surface area contributed by atoms with E-state index in [-0.39, 0.29) is 6.07 Å². The number of hydrogen-bond acceptors (Lipinski definition) is 3. The Morgan fingerprint density at radius 1 is 0.867 bits per heavy atom. The molecule has 1 aromatic heterocycles. The summed E-state index contributed by atoms with van der Waals surface area (Å²) in [6, 6.07) is 17.0. The topological polar surface area (TPSA) is 66.8 Å². The zero-order valence-corrected chi connectivity index (χ0v) is 23.7. The Kier molecular flexibility index (Phi) is 7.50. The molecule has 4 aromatic rings. The number of amides is 3. The number of ether oxygens (including phenoxy) is 1. The fourth-order valence-corrected chi connectivity index (χ4v) is 5.56. The Balaban J connectivity index is 1.34. The van der Waals surface area contributed by atoms with Crippen LogP contribution in [0.25, 0.3) is 5.69 Å². The SMILES string of the molecule is COc1ccc(C2c3cccn3-c3ccccc3N2C(=O)CN(C(=O)Nc2cc(C(F)(F)F)cc(C(F)(F)F)c2)C2CC2)cc1. The number of alkyl halides is 6. The maximum absolute atomic E-state index is 14.2. The molecule has 0 spiro atoms. The fourth-order valence-electron chi connectivity index (χ4n) is 5.56. The highest BCUT2D eigenvalue weighted by atomic mass is 19.4. The van der Waals surface area contributed by atoms with Gasteiger partial charge in [-0.1, -0.05) is 24.3 Å². The summed E-state index contributed by atoms with van der Waals surface area (Å²) in [6.45, 7) is -0.469. The fraction of sp³-hybridized carbons (Fsp3) is 0.250. The van der Waals surface area contributed by atoms with E-state index in [1.54, 1.807) is 29.2 Å². The molecule has 13 heteroatoms. The number of anilines is 2. The zero-order chi connectivity index (χ0) is 32.1. The highest BCUT2D eigenvalue weighted by Crippen LogP contribution is 2.43. The average molecular weight is 629 g/mol. The van der Waals surface area contributed by atoms with Crippen LogP contribution in [0.15, 0.2) is 85.1 Å². The number of nitrogens with zero attached hydrogens (tertiary/aromatic N) is 3. The molecular weight excluding hydrogens is 602 g/mol. The minimum Gasteiger partial charge on any atom is -0.497 e. The van der Waals surface area contributed by atoms with E-state index in [4.69, 9.17) is 4.74 Å². The van der Waals surface area contributed by atoms with Crippen molar-refractivity contribution in [1.82, 2.24) is 9.47 Å². The lowest BCUT2D eigenvalue weighted by Crippen LogP contribution is -2.48. The van der Waals surface area contributed by atoms with Crippen LogP contribution in [-0.4, -0.2) is 41.1 Å². The monoisotopic (exact) mass is 628 g/mol. The molecule has 1 aliphatic carbocycles. The van der Waals surface area contributed by atoms with Crippen molar-refractivity contribution in [3.05, 3.63) is 107 Å². The molecule has 1 saturated carbocycles. The van der Waals surface area contributed by atoms with Crippen LogP contribution in [-0.2, 0) is 17.1 Å². The van der Waals surface area contributed by atoms with Gasteiger partial charge < -0.3 is 19.5 Å². The van der Waals surface area contributed by atoms with Crippen molar-refractivity contribution in [2.24, 2.45) is 0 Å².